The van der Waals surface area contributed by atoms with Crippen molar-refractivity contribution in [1.29, 1.82) is 0 Å². The van der Waals surface area contributed by atoms with Crippen LogP contribution in [0.1, 0.15) is 22.9 Å². The zero-order valence-corrected chi connectivity index (χ0v) is 11.9. The second-order valence-corrected chi connectivity index (χ2v) is 5.62. The Kier molecular flexibility index (Phi) is 4.09. The van der Waals surface area contributed by atoms with Crippen LogP contribution in [0.15, 0.2) is 35.4 Å². The molecule has 0 spiro atoms. The molecule has 2 rings (SSSR count). The van der Waals surface area contributed by atoms with Crippen LogP contribution in [0.4, 0.5) is 0 Å². The molecule has 1 aromatic heterocycles. The average Bonchev–Trinajstić information content (AvgIpc) is 2.66. The van der Waals surface area contributed by atoms with Crippen molar-refractivity contribution in [2.24, 2.45) is 12.8 Å². The molecular weight excluding hydrogens is 242 g/mol. The Morgan fingerprint density at radius 1 is 1.28 bits per heavy atom. The van der Waals surface area contributed by atoms with Crippen molar-refractivity contribution in [2.45, 2.75) is 24.9 Å². The molecule has 0 aliphatic rings. The zero-order valence-electron chi connectivity index (χ0n) is 11.1. The molecule has 2 N–H and O–H groups in total. The maximum atomic E-state index is 6.20. The third-order valence-corrected chi connectivity index (χ3v) is 4.08. The summed E-state index contributed by atoms with van der Waals surface area (Å²) in [7, 11) is 1.97. The summed E-state index contributed by atoms with van der Waals surface area (Å²) in [5.41, 5.74) is 9.70. The molecule has 0 aliphatic heterocycles. The first-order chi connectivity index (χ1) is 8.56. The van der Waals surface area contributed by atoms with Gasteiger partial charge >= 0.3 is 0 Å². The second kappa shape index (κ2) is 5.59. The molecule has 0 saturated carbocycles. The van der Waals surface area contributed by atoms with E-state index in [0.717, 1.165) is 16.5 Å². The summed E-state index contributed by atoms with van der Waals surface area (Å²) in [5, 5.41) is 5.49. The lowest BCUT2D eigenvalue weighted by molar-refractivity contribution is 0.691. The Hall–Kier alpha value is -1.26. The fraction of sp³-hybridized carbons (Fsp3) is 0.357. The van der Waals surface area contributed by atoms with Gasteiger partial charge in [0.2, 0.25) is 0 Å². The Morgan fingerprint density at radius 3 is 2.50 bits per heavy atom. The van der Waals surface area contributed by atoms with Gasteiger partial charge in [-0.2, -0.15) is 5.10 Å². The predicted molar refractivity (Wildman–Crippen MR) is 76.8 cm³/mol. The fourth-order valence-electron chi connectivity index (χ4n) is 1.81. The average molecular weight is 261 g/mol. The first-order valence-corrected chi connectivity index (χ1v) is 7.00. The molecule has 4 heteroatoms. The van der Waals surface area contributed by atoms with E-state index < -0.39 is 0 Å². The molecule has 96 valence electrons. The highest BCUT2D eigenvalue weighted by molar-refractivity contribution is 7.99. The molecule has 0 bridgehead atoms. The minimum absolute atomic E-state index is 0.0609. The molecule has 0 amide bonds. The van der Waals surface area contributed by atoms with Crippen LogP contribution >= 0.6 is 11.8 Å². The topological polar surface area (TPSA) is 43.8 Å². The molecule has 2 aromatic rings. The van der Waals surface area contributed by atoms with E-state index in [1.807, 2.05) is 18.7 Å². The van der Waals surface area contributed by atoms with Gasteiger partial charge in [-0.15, -0.1) is 11.8 Å². The molecule has 1 heterocycles. The van der Waals surface area contributed by atoms with E-state index in [1.165, 1.54) is 11.1 Å². The number of rotatable bonds is 4. The lowest BCUT2D eigenvalue weighted by Gasteiger charge is -2.11. The number of thioether (sulfide) groups is 1. The van der Waals surface area contributed by atoms with Gasteiger partial charge in [0.05, 0.1) is 10.7 Å². The summed E-state index contributed by atoms with van der Waals surface area (Å²) < 4.78 is 1.90. The van der Waals surface area contributed by atoms with Gasteiger partial charge in [-0.05, 0) is 25.5 Å². The standard InChI is InChI=1S/C14H19N3S/c1-10-4-6-12(7-5-10)13(15)9-18-14-8-11(2)16-17(14)3/h4-8,13H,9,15H2,1-3H3. The van der Waals surface area contributed by atoms with Crippen LogP contribution in [-0.4, -0.2) is 15.5 Å². The summed E-state index contributed by atoms with van der Waals surface area (Å²) in [6.07, 6.45) is 0. The highest BCUT2D eigenvalue weighted by Crippen LogP contribution is 2.23. The number of aromatic nitrogens is 2. The molecular formula is C14H19N3S. The van der Waals surface area contributed by atoms with Gasteiger partial charge < -0.3 is 5.73 Å². The smallest absolute Gasteiger partial charge is 0.0939 e. The number of benzene rings is 1. The Labute approximate surface area is 112 Å². The molecule has 1 atom stereocenters. The van der Waals surface area contributed by atoms with Crippen molar-refractivity contribution in [2.75, 3.05) is 5.75 Å². The van der Waals surface area contributed by atoms with Crippen LogP contribution in [-0.2, 0) is 7.05 Å². The maximum absolute atomic E-state index is 6.20. The fourth-order valence-corrected chi connectivity index (χ4v) is 2.83. The van der Waals surface area contributed by atoms with Crippen molar-refractivity contribution in [3.63, 3.8) is 0 Å². The zero-order chi connectivity index (χ0) is 13.1. The van der Waals surface area contributed by atoms with Crippen LogP contribution in [0, 0.1) is 13.8 Å². The normalized spacial score (nSPS) is 12.7. The van der Waals surface area contributed by atoms with Crippen LogP contribution in [0.3, 0.4) is 0 Å². The van der Waals surface area contributed by atoms with Crippen molar-refractivity contribution >= 4 is 11.8 Å². The molecule has 1 aromatic carbocycles. The number of hydrogen-bond acceptors (Lipinski definition) is 3. The Balaban J connectivity index is 1.98. The maximum Gasteiger partial charge on any atom is 0.0939 e. The first-order valence-electron chi connectivity index (χ1n) is 6.02. The van der Waals surface area contributed by atoms with Gasteiger partial charge in [-0.1, -0.05) is 29.8 Å². The molecule has 0 saturated heterocycles. The largest absolute Gasteiger partial charge is 0.323 e. The number of nitrogens with two attached hydrogens (primary N) is 1. The van der Waals surface area contributed by atoms with E-state index in [9.17, 15) is 0 Å². The first kappa shape index (κ1) is 13.2. The molecule has 0 fully saturated rings. The Bertz CT molecular complexity index is 516. The van der Waals surface area contributed by atoms with Crippen molar-refractivity contribution in [1.82, 2.24) is 9.78 Å². The minimum atomic E-state index is 0.0609. The van der Waals surface area contributed by atoms with E-state index >= 15 is 0 Å². The van der Waals surface area contributed by atoms with Crippen molar-refractivity contribution < 1.29 is 0 Å². The number of hydrogen-bond donors (Lipinski definition) is 1. The summed E-state index contributed by atoms with van der Waals surface area (Å²) in [4.78, 5) is 0. The van der Waals surface area contributed by atoms with Crippen LogP contribution in [0.5, 0.6) is 0 Å². The van der Waals surface area contributed by atoms with Gasteiger partial charge in [0.15, 0.2) is 0 Å². The highest BCUT2D eigenvalue weighted by atomic mass is 32.2. The van der Waals surface area contributed by atoms with Gasteiger partial charge in [0, 0.05) is 18.8 Å². The van der Waals surface area contributed by atoms with Gasteiger partial charge in [0.1, 0.15) is 0 Å². The molecule has 18 heavy (non-hydrogen) atoms. The third kappa shape index (κ3) is 3.15. The van der Waals surface area contributed by atoms with E-state index in [0.29, 0.717) is 0 Å². The van der Waals surface area contributed by atoms with Gasteiger partial charge in [0.25, 0.3) is 0 Å². The summed E-state index contributed by atoms with van der Waals surface area (Å²) in [6.45, 7) is 4.09. The molecule has 0 radical (unpaired) electrons. The number of aryl methyl sites for hydroxylation is 3. The monoisotopic (exact) mass is 261 g/mol. The molecule has 3 nitrogen and oxygen atoms in total. The quantitative estimate of drug-likeness (QED) is 0.861. The number of nitrogens with zero attached hydrogens (tertiary/aromatic N) is 2. The predicted octanol–water partition coefficient (Wildman–Crippen LogP) is 2.83. The van der Waals surface area contributed by atoms with Gasteiger partial charge in [-0.3, -0.25) is 4.68 Å². The van der Waals surface area contributed by atoms with Crippen molar-refractivity contribution in [3.05, 3.63) is 47.2 Å². The summed E-state index contributed by atoms with van der Waals surface area (Å²) in [5.74, 6) is 0.863. The second-order valence-electron chi connectivity index (χ2n) is 4.58. The molecule has 0 aliphatic carbocycles. The summed E-state index contributed by atoms with van der Waals surface area (Å²) >= 11 is 1.75. The van der Waals surface area contributed by atoms with E-state index in [1.54, 1.807) is 11.8 Å². The van der Waals surface area contributed by atoms with Crippen LogP contribution < -0.4 is 5.73 Å². The highest BCUT2D eigenvalue weighted by Gasteiger charge is 2.09. The molecule has 1 unspecified atom stereocenters. The summed E-state index contributed by atoms with van der Waals surface area (Å²) in [6, 6.07) is 10.6. The van der Waals surface area contributed by atoms with Crippen LogP contribution in [0.25, 0.3) is 0 Å². The van der Waals surface area contributed by atoms with Crippen LogP contribution in [0.2, 0.25) is 0 Å². The minimum Gasteiger partial charge on any atom is -0.323 e. The van der Waals surface area contributed by atoms with Gasteiger partial charge in [-0.25, -0.2) is 0 Å². The van der Waals surface area contributed by atoms with E-state index in [2.05, 4.69) is 42.4 Å². The van der Waals surface area contributed by atoms with E-state index in [-0.39, 0.29) is 6.04 Å². The van der Waals surface area contributed by atoms with E-state index in [4.69, 9.17) is 5.73 Å². The van der Waals surface area contributed by atoms with Crippen molar-refractivity contribution in [3.8, 4) is 0 Å². The SMILES string of the molecule is Cc1ccc(C(N)CSc2cc(C)nn2C)cc1. The lowest BCUT2D eigenvalue weighted by atomic mass is 10.1. The Morgan fingerprint density at radius 2 is 1.94 bits per heavy atom. The lowest BCUT2D eigenvalue weighted by Crippen LogP contribution is -2.13. The third-order valence-electron chi connectivity index (χ3n) is 2.88.